The molecule has 0 spiro atoms. The number of halogens is 5. The van der Waals surface area contributed by atoms with Gasteiger partial charge in [-0.05, 0) is 193 Å². The minimum Gasteiger partial charge on any atom is -0.457 e. The summed E-state index contributed by atoms with van der Waals surface area (Å²) in [5.41, 5.74) is 1.57. The highest BCUT2D eigenvalue weighted by Crippen LogP contribution is 2.49. The second kappa shape index (κ2) is 23.8. The third-order valence-electron chi connectivity index (χ3n) is 18.0. The molecular formula is C77H42Br2F3N5O12. The van der Waals surface area contributed by atoms with Gasteiger partial charge in [0.2, 0.25) is 0 Å². The number of non-ortho nitro benzene ring substituents is 1. The smallest absolute Gasteiger partial charge is 0.402 e. The highest BCUT2D eigenvalue weighted by atomic mass is 79.9. The number of anilines is 4. The molecule has 8 amide bonds. The van der Waals surface area contributed by atoms with Gasteiger partial charge in [-0.2, -0.15) is 13.2 Å². The Balaban J connectivity index is 0.595. The van der Waals surface area contributed by atoms with Gasteiger partial charge >= 0.3 is 6.18 Å². The predicted octanol–water partition coefficient (Wildman–Crippen LogP) is 17.8. The molecule has 0 fully saturated rings. The van der Waals surface area contributed by atoms with Gasteiger partial charge < -0.3 is 9.47 Å². The Bertz CT molecular complexity index is 5380. The van der Waals surface area contributed by atoms with Crippen LogP contribution in [0.25, 0.3) is 33.4 Å². The minimum atomic E-state index is -4.79. The summed E-state index contributed by atoms with van der Waals surface area (Å²) in [6.45, 7) is 1.06. The number of carbonyl (C=O) groups excluding carboxylic acids is 8. The van der Waals surface area contributed by atoms with Crippen molar-refractivity contribution in [3.8, 4) is 56.4 Å². The molecule has 99 heavy (non-hydrogen) atoms. The van der Waals surface area contributed by atoms with Crippen molar-refractivity contribution in [1.82, 2.24) is 0 Å². The maximum Gasteiger partial charge on any atom is 0.402 e. The number of imide groups is 4. The zero-order valence-corrected chi connectivity index (χ0v) is 54.2. The number of benzene rings is 11. The minimum absolute atomic E-state index is 0.0190. The number of carbonyl (C=O) groups is 8. The van der Waals surface area contributed by atoms with Crippen molar-refractivity contribution in [2.24, 2.45) is 0 Å². The molecule has 0 radical (unpaired) electrons. The fraction of sp³-hybridized carbons (Fsp3) is 0.0390. The van der Waals surface area contributed by atoms with Crippen LogP contribution in [0.2, 0.25) is 0 Å². The Kier molecular flexibility index (Phi) is 15.1. The van der Waals surface area contributed by atoms with E-state index in [0.717, 1.165) is 32.1 Å². The Morgan fingerprint density at radius 1 is 0.364 bits per heavy atom. The predicted molar refractivity (Wildman–Crippen MR) is 367 cm³/mol. The van der Waals surface area contributed by atoms with Gasteiger partial charge in [-0.25, -0.2) is 19.6 Å². The van der Waals surface area contributed by atoms with Crippen LogP contribution < -0.4 is 29.1 Å². The summed E-state index contributed by atoms with van der Waals surface area (Å²) in [7, 11) is 0. The number of alkyl halides is 3. The summed E-state index contributed by atoms with van der Waals surface area (Å²) in [6.07, 6.45) is -4.79. The molecule has 22 heteroatoms. The highest BCUT2D eigenvalue weighted by molar-refractivity contribution is 9.11. The largest absolute Gasteiger partial charge is 0.457 e. The summed E-state index contributed by atoms with van der Waals surface area (Å²) >= 11 is 6.53. The van der Waals surface area contributed by atoms with E-state index in [0.29, 0.717) is 33.5 Å². The molecular weight excluding hydrogens is 1400 g/mol. The first-order valence-electron chi connectivity index (χ1n) is 30.3. The maximum absolute atomic E-state index is 15.3. The van der Waals surface area contributed by atoms with E-state index in [9.17, 15) is 48.5 Å². The molecule has 15 rings (SSSR count). The fourth-order valence-corrected chi connectivity index (χ4v) is 14.5. The highest BCUT2D eigenvalue weighted by Gasteiger charge is 2.54. The molecule has 4 aliphatic rings. The van der Waals surface area contributed by atoms with Crippen molar-refractivity contribution in [1.29, 1.82) is 0 Å². The fourth-order valence-electron chi connectivity index (χ4n) is 13.0. The SMILES string of the molecule is CC(c1ccc(Oc2ccc(N3C(=O)c4ccc(-c5cccc6c5C(=O)N(c5ccccc5-c5ccccc5)C6=O)cc4C3=O)cc2)cc1)(c1ccc(Oc2ccc(N3C(=O)c4ccc(-c5cccc6c5C(=O)N(c5c(Br)cc([N+](=O)[O-])cc5Br)C6=O)cc4C3=O)cc2)cc1)C(F)(F)F. The van der Waals surface area contributed by atoms with Crippen LogP contribution in [0.1, 0.15) is 101 Å². The van der Waals surface area contributed by atoms with Gasteiger partial charge in [0.25, 0.3) is 52.9 Å². The lowest BCUT2D eigenvalue weighted by Crippen LogP contribution is -2.40. The second-order valence-electron chi connectivity index (χ2n) is 23.5. The molecule has 11 aromatic rings. The molecule has 4 heterocycles. The Labute approximate surface area is 575 Å². The van der Waals surface area contributed by atoms with E-state index in [1.807, 2.05) is 42.5 Å². The zero-order chi connectivity index (χ0) is 69.1. The van der Waals surface area contributed by atoms with Crippen molar-refractivity contribution in [3.63, 3.8) is 0 Å². The summed E-state index contributed by atoms with van der Waals surface area (Å²) in [6, 6.07) is 60.2. The van der Waals surface area contributed by atoms with E-state index in [2.05, 4.69) is 31.9 Å². The molecule has 1 unspecified atom stereocenters. The van der Waals surface area contributed by atoms with Crippen LogP contribution in [-0.4, -0.2) is 58.4 Å². The second-order valence-corrected chi connectivity index (χ2v) is 25.2. The van der Waals surface area contributed by atoms with Crippen LogP contribution in [0.5, 0.6) is 23.0 Å². The van der Waals surface area contributed by atoms with E-state index in [-0.39, 0.29) is 110 Å². The van der Waals surface area contributed by atoms with Crippen molar-refractivity contribution in [2.75, 3.05) is 19.6 Å². The average Bonchev–Trinajstić information content (AvgIpc) is 1.67. The Morgan fingerprint density at radius 3 is 1.18 bits per heavy atom. The van der Waals surface area contributed by atoms with E-state index in [1.54, 1.807) is 54.6 Å². The zero-order valence-electron chi connectivity index (χ0n) is 51.0. The normalized spacial score (nSPS) is 14.6. The number of hydrogen-bond acceptors (Lipinski definition) is 12. The number of nitro groups is 1. The van der Waals surface area contributed by atoms with Gasteiger partial charge in [0.1, 0.15) is 28.4 Å². The molecule has 0 N–H and O–H groups in total. The number of fused-ring (bicyclic) bond motifs is 4. The third kappa shape index (κ3) is 10.3. The van der Waals surface area contributed by atoms with Gasteiger partial charge in [-0.3, -0.25) is 48.5 Å². The number of hydrogen-bond donors (Lipinski definition) is 0. The maximum atomic E-state index is 15.3. The van der Waals surface area contributed by atoms with E-state index >= 15 is 13.2 Å². The molecule has 1 atom stereocenters. The van der Waals surface area contributed by atoms with Crippen molar-refractivity contribution < 1.29 is 65.9 Å². The van der Waals surface area contributed by atoms with E-state index < -0.39 is 63.8 Å². The summed E-state index contributed by atoms with van der Waals surface area (Å²) in [5, 5.41) is 11.5. The van der Waals surface area contributed by atoms with Crippen LogP contribution in [-0.2, 0) is 5.41 Å². The first-order valence-corrected chi connectivity index (χ1v) is 31.9. The standard InChI is InChI=1S/C77H42Br2F3N5O12/c1-76(77(80,81)82,45-21-29-50(30-22-45)99-52-33-25-47(26-34-52)84-69(89)57-36-18-43(38-61(57)73(84)93)55-13-8-15-59-66(55)75(95)86(71(59)91)67-62(78)39-48(87(96)97)40-63(67)79)44-19-27-49(28-20-44)98-51-31-23-46(24-32-51)83-68(88)56-35-17-42(37-60(56)72(83)92)54-12-7-14-58-65(54)74(94)85(70(58)90)64-16-6-5-11-53(64)41-9-3-2-4-10-41/h2-40H,1H3. The van der Waals surface area contributed by atoms with Crippen LogP contribution >= 0.6 is 31.9 Å². The topological polar surface area (TPSA) is 211 Å². The number of rotatable bonds is 14. The average molecular weight is 1450 g/mol. The molecule has 0 saturated heterocycles. The van der Waals surface area contributed by atoms with Crippen molar-refractivity contribution >= 4 is 108 Å². The van der Waals surface area contributed by atoms with Gasteiger partial charge in [-0.15, -0.1) is 0 Å². The number of nitro benzene ring substituents is 1. The number of ether oxygens (including phenoxy) is 2. The van der Waals surface area contributed by atoms with Gasteiger partial charge in [0.15, 0.2) is 0 Å². The number of nitrogens with zero attached hydrogens (tertiary/aromatic N) is 5. The van der Waals surface area contributed by atoms with E-state index in [4.69, 9.17) is 9.47 Å². The van der Waals surface area contributed by atoms with Crippen molar-refractivity contribution in [3.05, 3.63) is 311 Å². The molecule has 0 saturated carbocycles. The van der Waals surface area contributed by atoms with E-state index in [1.165, 1.54) is 140 Å². The van der Waals surface area contributed by atoms with Gasteiger partial charge in [0.05, 0.1) is 72.2 Å². The Morgan fingerprint density at radius 2 is 0.737 bits per heavy atom. The molecule has 4 aliphatic heterocycles. The van der Waals surface area contributed by atoms with Crippen LogP contribution in [0, 0.1) is 10.1 Å². The van der Waals surface area contributed by atoms with Crippen LogP contribution in [0.3, 0.4) is 0 Å². The lowest BCUT2D eigenvalue weighted by Gasteiger charge is -2.33. The number of amides is 8. The molecule has 0 aromatic heterocycles. The number of para-hydroxylation sites is 1. The molecule has 0 aliphatic carbocycles. The summed E-state index contributed by atoms with van der Waals surface area (Å²) in [5.74, 6) is -4.13. The Hall–Kier alpha value is -12.3. The summed E-state index contributed by atoms with van der Waals surface area (Å²) < 4.78 is 58.3. The van der Waals surface area contributed by atoms with Gasteiger partial charge in [0, 0.05) is 26.6 Å². The first-order chi connectivity index (χ1) is 47.6. The first kappa shape index (κ1) is 62.8. The lowest BCUT2D eigenvalue weighted by atomic mass is 9.75. The molecule has 17 nitrogen and oxygen atoms in total. The quantitative estimate of drug-likeness (QED) is 0.0565. The van der Waals surface area contributed by atoms with Gasteiger partial charge in [-0.1, -0.05) is 109 Å². The van der Waals surface area contributed by atoms with Crippen molar-refractivity contribution in [2.45, 2.75) is 18.5 Å². The molecule has 11 aromatic carbocycles. The third-order valence-corrected chi connectivity index (χ3v) is 19.2. The van der Waals surface area contributed by atoms with Crippen LogP contribution in [0.15, 0.2) is 246 Å². The molecule has 482 valence electrons. The van der Waals surface area contributed by atoms with Crippen LogP contribution in [0.4, 0.5) is 41.6 Å². The molecule has 0 bridgehead atoms. The summed E-state index contributed by atoms with van der Waals surface area (Å²) in [4.78, 5) is 127. The monoisotopic (exact) mass is 1440 g/mol. The lowest BCUT2D eigenvalue weighted by molar-refractivity contribution is -0.385.